The van der Waals surface area contributed by atoms with Crippen LogP contribution in [0.15, 0.2) is 54.6 Å². The number of para-hydroxylation sites is 1. The van der Waals surface area contributed by atoms with Gasteiger partial charge in [-0.2, -0.15) is 0 Å². The number of halogens is 1. The van der Waals surface area contributed by atoms with Gasteiger partial charge in [-0.15, -0.1) is 11.8 Å². The van der Waals surface area contributed by atoms with Crippen molar-refractivity contribution in [3.63, 3.8) is 0 Å². The number of benzene rings is 2. The van der Waals surface area contributed by atoms with Crippen molar-refractivity contribution in [3.8, 4) is 0 Å². The SMILES string of the molecule is CN(C(=O)CSCc1ccc(F)cc1)c1ccccc1. The molecule has 0 atom stereocenters. The maximum atomic E-state index is 12.8. The second-order valence-electron chi connectivity index (χ2n) is 4.41. The van der Waals surface area contributed by atoms with E-state index in [4.69, 9.17) is 0 Å². The molecule has 0 saturated carbocycles. The first-order chi connectivity index (χ1) is 9.66. The highest BCUT2D eigenvalue weighted by Gasteiger charge is 2.10. The Balaban J connectivity index is 1.82. The second-order valence-corrected chi connectivity index (χ2v) is 5.39. The van der Waals surface area contributed by atoms with Crippen LogP contribution in [-0.2, 0) is 10.5 Å². The van der Waals surface area contributed by atoms with E-state index >= 15 is 0 Å². The summed E-state index contributed by atoms with van der Waals surface area (Å²) in [5.41, 5.74) is 1.91. The molecular formula is C16H16FNOS. The average Bonchev–Trinajstić information content (AvgIpc) is 2.49. The van der Waals surface area contributed by atoms with Crippen LogP contribution in [0.4, 0.5) is 10.1 Å². The van der Waals surface area contributed by atoms with Crippen LogP contribution in [0.5, 0.6) is 0 Å². The molecule has 4 heteroatoms. The quantitative estimate of drug-likeness (QED) is 0.836. The largest absolute Gasteiger partial charge is 0.315 e. The van der Waals surface area contributed by atoms with Crippen molar-refractivity contribution in [1.29, 1.82) is 0 Å². The summed E-state index contributed by atoms with van der Waals surface area (Å²) in [6.45, 7) is 0. The summed E-state index contributed by atoms with van der Waals surface area (Å²) >= 11 is 1.53. The Morgan fingerprint density at radius 1 is 1.10 bits per heavy atom. The van der Waals surface area contributed by atoms with Crippen molar-refractivity contribution >= 4 is 23.4 Å². The Hall–Kier alpha value is -1.81. The van der Waals surface area contributed by atoms with E-state index < -0.39 is 0 Å². The summed E-state index contributed by atoms with van der Waals surface area (Å²) in [5.74, 6) is 0.930. The van der Waals surface area contributed by atoms with Crippen molar-refractivity contribution in [1.82, 2.24) is 0 Å². The number of thioether (sulfide) groups is 1. The van der Waals surface area contributed by atoms with E-state index in [1.807, 2.05) is 30.3 Å². The van der Waals surface area contributed by atoms with Gasteiger partial charge in [-0.25, -0.2) is 4.39 Å². The number of hydrogen-bond acceptors (Lipinski definition) is 2. The minimum absolute atomic E-state index is 0.0586. The first-order valence-electron chi connectivity index (χ1n) is 6.30. The molecule has 2 aromatic rings. The second kappa shape index (κ2) is 7.10. The summed E-state index contributed by atoms with van der Waals surface area (Å²) < 4.78 is 12.8. The Morgan fingerprint density at radius 2 is 1.75 bits per heavy atom. The first kappa shape index (κ1) is 14.6. The number of anilines is 1. The predicted molar refractivity (Wildman–Crippen MR) is 82.4 cm³/mol. The Bertz CT molecular complexity index is 556. The van der Waals surface area contributed by atoms with Crippen LogP contribution in [0.25, 0.3) is 0 Å². The van der Waals surface area contributed by atoms with E-state index in [9.17, 15) is 9.18 Å². The van der Waals surface area contributed by atoms with Crippen LogP contribution in [0, 0.1) is 5.82 Å². The highest BCUT2D eigenvalue weighted by atomic mass is 32.2. The standard InChI is InChI=1S/C16H16FNOS/c1-18(15-5-3-2-4-6-15)16(19)12-20-11-13-7-9-14(17)10-8-13/h2-10H,11-12H2,1H3. The van der Waals surface area contributed by atoms with Crippen LogP contribution in [0.3, 0.4) is 0 Å². The molecule has 0 heterocycles. The molecular weight excluding hydrogens is 273 g/mol. The topological polar surface area (TPSA) is 20.3 Å². The molecule has 0 aliphatic rings. The fraction of sp³-hybridized carbons (Fsp3) is 0.188. The lowest BCUT2D eigenvalue weighted by Crippen LogP contribution is -2.27. The van der Waals surface area contributed by atoms with Gasteiger partial charge in [0.1, 0.15) is 5.82 Å². The molecule has 0 aromatic heterocycles. The molecule has 20 heavy (non-hydrogen) atoms. The fourth-order valence-corrected chi connectivity index (χ4v) is 2.63. The van der Waals surface area contributed by atoms with Gasteiger partial charge in [-0.05, 0) is 29.8 Å². The molecule has 0 saturated heterocycles. The Kier molecular flexibility index (Phi) is 5.18. The van der Waals surface area contributed by atoms with Crippen molar-refractivity contribution in [2.45, 2.75) is 5.75 Å². The van der Waals surface area contributed by atoms with E-state index in [0.717, 1.165) is 11.3 Å². The van der Waals surface area contributed by atoms with Crippen LogP contribution in [0.2, 0.25) is 0 Å². The van der Waals surface area contributed by atoms with Gasteiger partial charge in [0, 0.05) is 18.5 Å². The molecule has 0 radical (unpaired) electrons. The zero-order chi connectivity index (χ0) is 14.4. The third-order valence-electron chi connectivity index (χ3n) is 2.93. The smallest absolute Gasteiger partial charge is 0.236 e. The van der Waals surface area contributed by atoms with Gasteiger partial charge in [0.05, 0.1) is 5.75 Å². The van der Waals surface area contributed by atoms with Crippen LogP contribution in [0.1, 0.15) is 5.56 Å². The summed E-state index contributed by atoms with van der Waals surface area (Å²) in [6, 6.07) is 15.9. The van der Waals surface area contributed by atoms with Gasteiger partial charge >= 0.3 is 0 Å². The van der Waals surface area contributed by atoms with Gasteiger partial charge in [-0.3, -0.25) is 4.79 Å². The lowest BCUT2D eigenvalue weighted by atomic mass is 10.2. The first-order valence-corrected chi connectivity index (χ1v) is 7.46. The number of carbonyl (C=O) groups is 1. The predicted octanol–water partition coefficient (Wildman–Crippen LogP) is 3.72. The molecule has 0 aliphatic heterocycles. The molecule has 1 amide bonds. The monoisotopic (exact) mass is 289 g/mol. The van der Waals surface area contributed by atoms with Crippen LogP contribution < -0.4 is 4.90 Å². The van der Waals surface area contributed by atoms with E-state index in [1.165, 1.54) is 23.9 Å². The summed E-state index contributed by atoms with van der Waals surface area (Å²) in [4.78, 5) is 13.7. The fourth-order valence-electron chi connectivity index (χ4n) is 1.73. The lowest BCUT2D eigenvalue weighted by Gasteiger charge is -2.16. The molecule has 0 N–H and O–H groups in total. The van der Waals surface area contributed by atoms with Crippen LogP contribution >= 0.6 is 11.8 Å². The minimum Gasteiger partial charge on any atom is -0.315 e. The van der Waals surface area contributed by atoms with Gasteiger partial charge < -0.3 is 4.90 Å². The molecule has 2 rings (SSSR count). The van der Waals surface area contributed by atoms with E-state index in [0.29, 0.717) is 11.5 Å². The average molecular weight is 289 g/mol. The molecule has 0 aliphatic carbocycles. The van der Waals surface area contributed by atoms with Gasteiger partial charge in [-0.1, -0.05) is 30.3 Å². The molecule has 2 nitrogen and oxygen atoms in total. The Morgan fingerprint density at radius 3 is 2.40 bits per heavy atom. The molecule has 0 fully saturated rings. The number of nitrogens with zero attached hydrogens (tertiary/aromatic N) is 1. The maximum absolute atomic E-state index is 12.8. The van der Waals surface area contributed by atoms with Gasteiger partial charge in [0.25, 0.3) is 0 Å². The van der Waals surface area contributed by atoms with Crippen LogP contribution in [-0.4, -0.2) is 18.7 Å². The number of rotatable bonds is 5. The third-order valence-corrected chi connectivity index (χ3v) is 3.91. The number of amides is 1. The van der Waals surface area contributed by atoms with Crippen molar-refractivity contribution in [3.05, 3.63) is 66.0 Å². The lowest BCUT2D eigenvalue weighted by molar-refractivity contribution is -0.115. The maximum Gasteiger partial charge on any atom is 0.236 e. The normalized spacial score (nSPS) is 10.3. The summed E-state index contributed by atoms with van der Waals surface area (Å²) in [6.07, 6.45) is 0. The zero-order valence-corrected chi connectivity index (χ0v) is 12.1. The highest BCUT2D eigenvalue weighted by Crippen LogP contribution is 2.16. The van der Waals surface area contributed by atoms with Gasteiger partial charge in [0.2, 0.25) is 5.91 Å². The highest BCUT2D eigenvalue weighted by molar-refractivity contribution is 7.99. The molecule has 0 bridgehead atoms. The molecule has 104 valence electrons. The summed E-state index contributed by atoms with van der Waals surface area (Å²) in [5, 5.41) is 0. The molecule has 0 unspecified atom stereocenters. The van der Waals surface area contributed by atoms with E-state index in [2.05, 4.69) is 0 Å². The van der Waals surface area contributed by atoms with E-state index in [-0.39, 0.29) is 11.7 Å². The third kappa shape index (κ3) is 4.10. The molecule has 0 spiro atoms. The summed E-state index contributed by atoms with van der Waals surface area (Å²) in [7, 11) is 1.77. The number of hydrogen-bond donors (Lipinski definition) is 0. The van der Waals surface area contributed by atoms with Gasteiger partial charge in [0.15, 0.2) is 0 Å². The molecule has 2 aromatic carbocycles. The van der Waals surface area contributed by atoms with Crippen molar-refractivity contribution in [2.75, 3.05) is 17.7 Å². The Labute approximate surface area is 122 Å². The van der Waals surface area contributed by atoms with E-state index in [1.54, 1.807) is 24.1 Å². The minimum atomic E-state index is -0.237. The number of carbonyl (C=O) groups excluding carboxylic acids is 1. The van der Waals surface area contributed by atoms with Crippen molar-refractivity contribution < 1.29 is 9.18 Å². The van der Waals surface area contributed by atoms with Crippen molar-refractivity contribution in [2.24, 2.45) is 0 Å². The zero-order valence-electron chi connectivity index (χ0n) is 11.3.